The maximum atomic E-state index is 3.63. The first-order valence-electron chi connectivity index (χ1n) is 7.63. The molecule has 1 saturated carbocycles. The summed E-state index contributed by atoms with van der Waals surface area (Å²) in [4.78, 5) is 2.74. The Bertz CT molecular complexity index is 231. The van der Waals surface area contributed by atoms with Crippen LogP contribution in [0.4, 0.5) is 0 Å². The van der Waals surface area contributed by atoms with E-state index in [9.17, 15) is 0 Å². The minimum Gasteiger partial charge on any atom is -0.315 e. The SMILES string of the molecule is CCC(C)(C(CC1CCC1)NC)N1CCCC1. The Balaban J connectivity index is 2.00. The summed E-state index contributed by atoms with van der Waals surface area (Å²) in [5.74, 6) is 1.00. The van der Waals surface area contributed by atoms with Crippen molar-refractivity contribution in [1.82, 2.24) is 10.2 Å². The standard InChI is InChI=1S/C15H30N2/c1-4-15(2,17-10-5-6-11-17)14(16-3)12-13-8-7-9-13/h13-14,16H,4-12H2,1-3H3. The average molecular weight is 238 g/mol. The molecule has 100 valence electrons. The normalized spacial score (nSPS) is 27.7. The van der Waals surface area contributed by atoms with Crippen molar-refractivity contribution in [3.05, 3.63) is 0 Å². The minimum atomic E-state index is 0.376. The van der Waals surface area contributed by atoms with Gasteiger partial charge < -0.3 is 5.32 Å². The van der Waals surface area contributed by atoms with E-state index in [-0.39, 0.29) is 0 Å². The molecule has 2 aliphatic rings. The van der Waals surface area contributed by atoms with Gasteiger partial charge in [-0.1, -0.05) is 26.2 Å². The van der Waals surface area contributed by atoms with Crippen LogP contribution in [0.3, 0.4) is 0 Å². The molecule has 2 rings (SSSR count). The number of likely N-dealkylation sites (tertiary alicyclic amines) is 1. The van der Waals surface area contributed by atoms with Gasteiger partial charge in [0.1, 0.15) is 0 Å². The molecule has 0 aromatic rings. The van der Waals surface area contributed by atoms with Crippen LogP contribution in [0.25, 0.3) is 0 Å². The van der Waals surface area contributed by atoms with Crippen LogP contribution in [-0.2, 0) is 0 Å². The third kappa shape index (κ3) is 2.68. The Morgan fingerprint density at radius 3 is 2.29 bits per heavy atom. The second-order valence-corrected chi connectivity index (χ2v) is 6.28. The Hall–Kier alpha value is -0.0800. The highest BCUT2D eigenvalue weighted by atomic mass is 15.2. The minimum absolute atomic E-state index is 0.376. The van der Waals surface area contributed by atoms with E-state index in [1.807, 2.05) is 0 Å². The quantitative estimate of drug-likeness (QED) is 0.765. The predicted octanol–water partition coefficient (Wildman–Crippen LogP) is 3.03. The molecular weight excluding hydrogens is 208 g/mol. The summed E-state index contributed by atoms with van der Waals surface area (Å²) in [6.07, 6.45) is 9.86. The van der Waals surface area contributed by atoms with Gasteiger partial charge in [-0.2, -0.15) is 0 Å². The van der Waals surface area contributed by atoms with Crippen molar-refractivity contribution in [2.75, 3.05) is 20.1 Å². The number of likely N-dealkylation sites (N-methyl/N-ethyl adjacent to an activating group) is 1. The van der Waals surface area contributed by atoms with Gasteiger partial charge in [0, 0.05) is 11.6 Å². The van der Waals surface area contributed by atoms with E-state index in [0.29, 0.717) is 11.6 Å². The van der Waals surface area contributed by atoms with Crippen molar-refractivity contribution < 1.29 is 0 Å². The molecule has 0 bridgehead atoms. The second kappa shape index (κ2) is 5.71. The summed E-state index contributed by atoms with van der Waals surface area (Å²) in [5, 5.41) is 3.63. The molecule has 1 aliphatic heterocycles. The lowest BCUT2D eigenvalue weighted by Gasteiger charge is -2.46. The Kier molecular flexibility index (Phi) is 4.48. The molecule has 1 N–H and O–H groups in total. The van der Waals surface area contributed by atoms with Crippen molar-refractivity contribution in [2.45, 2.75) is 70.4 Å². The molecule has 1 heterocycles. The molecule has 2 nitrogen and oxygen atoms in total. The molecular formula is C15H30N2. The highest BCUT2D eigenvalue weighted by molar-refractivity contribution is 4.98. The van der Waals surface area contributed by atoms with Crippen molar-refractivity contribution >= 4 is 0 Å². The molecule has 0 aromatic heterocycles. The molecule has 2 heteroatoms. The summed E-state index contributed by atoms with van der Waals surface area (Å²) in [6.45, 7) is 7.47. The van der Waals surface area contributed by atoms with Gasteiger partial charge in [-0.15, -0.1) is 0 Å². The van der Waals surface area contributed by atoms with E-state index in [0.717, 1.165) is 5.92 Å². The van der Waals surface area contributed by atoms with Crippen LogP contribution in [0, 0.1) is 5.92 Å². The van der Waals surface area contributed by atoms with Crippen LogP contribution < -0.4 is 5.32 Å². The zero-order valence-corrected chi connectivity index (χ0v) is 12.0. The summed E-state index contributed by atoms with van der Waals surface area (Å²) in [6, 6.07) is 0.677. The summed E-state index contributed by atoms with van der Waals surface area (Å²) < 4.78 is 0. The Morgan fingerprint density at radius 2 is 1.88 bits per heavy atom. The summed E-state index contributed by atoms with van der Waals surface area (Å²) in [5.41, 5.74) is 0.376. The molecule has 2 fully saturated rings. The Labute approximate surface area is 107 Å². The first kappa shape index (κ1) is 13.4. The fourth-order valence-electron chi connectivity index (χ4n) is 3.66. The van der Waals surface area contributed by atoms with E-state index < -0.39 is 0 Å². The van der Waals surface area contributed by atoms with Gasteiger partial charge in [-0.05, 0) is 58.7 Å². The smallest absolute Gasteiger partial charge is 0.0331 e. The molecule has 17 heavy (non-hydrogen) atoms. The van der Waals surface area contributed by atoms with Gasteiger partial charge in [0.05, 0.1) is 0 Å². The largest absolute Gasteiger partial charge is 0.315 e. The van der Waals surface area contributed by atoms with Crippen molar-refractivity contribution in [3.8, 4) is 0 Å². The maximum absolute atomic E-state index is 3.63. The first-order chi connectivity index (χ1) is 8.20. The number of hydrogen-bond donors (Lipinski definition) is 1. The average Bonchev–Trinajstić information content (AvgIpc) is 2.81. The number of rotatable bonds is 6. The summed E-state index contributed by atoms with van der Waals surface area (Å²) >= 11 is 0. The lowest BCUT2D eigenvalue weighted by Crippen LogP contribution is -2.58. The fraction of sp³-hybridized carbons (Fsp3) is 1.00. The van der Waals surface area contributed by atoms with E-state index in [2.05, 4.69) is 31.1 Å². The van der Waals surface area contributed by atoms with Gasteiger partial charge >= 0.3 is 0 Å². The van der Waals surface area contributed by atoms with Crippen LogP contribution in [0.5, 0.6) is 0 Å². The van der Waals surface area contributed by atoms with Gasteiger partial charge in [-0.3, -0.25) is 4.90 Å². The lowest BCUT2D eigenvalue weighted by atomic mass is 9.75. The van der Waals surface area contributed by atoms with Crippen LogP contribution in [0.2, 0.25) is 0 Å². The van der Waals surface area contributed by atoms with Gasteiger partial charge in [0.15, 0.2) is 0 Å². The van der Waals surface area contributed by atoms with Crippen LogP contribution in [0.1, 0.15) is 58.8 Å². The molecule has 0 aromatic carbocycles. The monoisotopic (exact) mass is 238 g/mol. The van der Waals surface area contributed by atoms with Crippen molar-refractivity contribution in [2.24, 2.45) is 5.92 Å². The second-order valence-electron chi connectivity index (χ2n) is 6.28. The first-order valence-corrected chi connectivity index (χ1v) is 7.63. The fourth-order valence-corrected chi connectivity index (χ4v) is 3.66. The molecule has 1 aliphatic carbocycles. The topological polar surface area (TPSA) is 15.3 Å². The lowest BCUT2D eigenvalue weighted by molar-refractivity contribution is 0.0681. The highest BCUT2D eigenvalue weighted by Crippen LogP contribution is 2.36. The number of hydrogen-bond acceptors (Lipinski definition) is 2. The van der Waals surface area contributed by atoms with Gasteiger partial charge in [0.25, 0.3) is 0 Å². The van der Waals surface area contributed by atoms with Crippen LogP contribution in [-0.4, -0.2) is 36.6 Å². The van der Waals surface area contributed by atoms with E-state index in [4.69, 9.17) is 0 Å². The number of nitrogens with one attached hydrogen (secondary N) is 1. The van der Waals surface area contributed by atoms with E-state index >= 15 is 0 Å². The Morgan fingerprint density at radius 1 is 1.24 bits per heavy atom. The summed E-state index contributed by atoms with van der Waals surface area (Å²) in [7, 11) is 2.16. The molecule has 2 unspecified atom stereocenters. The van der Waals surface area contributed by atoms with Crippen LogP contribution >= 0.6 is 0 Å². The van der Waals surface area contributed by atoms with Gasteiger partial charge in [0.2, 0.25) is 0 Å². The van der Waals surface area contributed by atoms with E-state index in [1.54, 1.807) is 0 Å². The predicted molar refractivity (Wildman–Crippen MR) is 74.3 cm³/mol. The van der Waals surface area contributed by atoms with Crippen LogP contribution in [0.15, 0.2) is 0 Å². The molecule has 2 atom stereocenters. The van der Waals surface area contributed by atoms with Crippen molar-refractivity contribution in [1.29, 1.82) is 0 Å². The van der Waals surface area contributed by atoms with Crippen molar-refractivity contribution in [3.63, 3.8) is 0 Å². The number of nitrogens with zero attached hydrogens (tertiary/aromatic N) is 1. The molecule has 1 saturated heterocycles. The third-order valence-electron chi connectivity index (χ3n) is 5.44. The highest BCUT2D eigenvalue weighted by Gasteiger charge is 2.40. The molecule has 0 amide bonds. The zero-order chi connectivity index (χ0) is 12.3. The third-order valence-corrected chi connectivity index (χ3v) is 5.44. The molecule has 0 spiro atoms. The zero-order valence-electron chi connectivity index (χ0n) is 12.0. The van der Waals surface area contributed by atoms with E-state index in [1.165, 1.54) is 58.0 Å². The van der Waals surface area contributed by atoms with Gasteiger partial charge in [-0.25, -0.2) is 0 Å². The maximum Gasteiger partial charge on any atom is 0.0331 e. The molecule has 0 radical (unpaired) electrons.